The smallest absolute Gasteiger partial charge is 0.870 e. The number of carboxylic acid groups (broad SMARTS) is 1. The summed E-state index contributed by atoms with van der Waals surface area (Å²) in [4.78, 5) is 121. The van der Waals surface area contributed by atoms with E-state index in [2.05, 4.69) is 38.5 Å². The third kappa shape index (κ3) is 23.5. The van der Waals surface area contributed by atoms with Crippen LogP contribution in [0.25, 0.3) is 55.0 Å². The number of esters is 2. The number of carbonyl (C=O) groups excluding carboxylic acids is 5. The van der Waals surface area contributed by atoms with E-state index in [4.69, 9.17) is 47.2 Å². The number of aromatic nitrogens is 3. The zero-order chi connectivity index (χ0) is 103. The number of amides is 3. The van der Waals surface area contributed by atoms with Crippen molar-refractivity contribution in [2.45, 2.75) is 155 Å². The number of rotatable bonds is 21. The standard InChI is InChI=1S/C34H33F2N3O6.C33H31F2N3O6.C30H37BF2N2O7.C10H8INO.Li.2H2O/c1-19-16-44-11-10-39(19)22-14-27(35)31(28(36)15-22)32(40)37-29(34(42)43-3)13-20-8-9-23(26-18-45-17-25(20)26)24-12-21-6-4-5-7-30(21)38(2)33(24)41;1-18-15-43-10-9-38(18)21-13-26(34)30(27(35)14-21)31(39)36-28(33(41)42)12-19-7-8-22(25-17-44-16-24(19)25)23-11-20-5-3-4-6-29(20)37(2)32(23)40;1-17-14-39-10-9-35(17)19-12-23(32)26(24(33)13-19)27(36)34-25(28(37)38-6)11-18-7-8-22(21-16-40-15-20(18)21)31-41-29(2,3)30(4,5)42-31;1-12-9-5-3-2-4-7(9)6-8(11)10(12)13;;;/h4-9,12,14-15,19,29H,10-11,13,16-18H2,1-3H3,(H,37,40);3-8,11,13-14,18,28H,9-10,12,15-17H2,1-2H3,(H,36,39)(H,41,42);7-8,12-13,17,25H,9-11,14-16H2,1-6H3,(H,34,36);2-6H,1H3;;2*1H2/q;;;;+1;;/p-1/t19-,29-;18-,28-;17-,25-;;;;/m000..../s1. The fraction of sp³-hybridized carbons (Fsp3) is 0.355. The molecule has 0 bridgehead atoms. The van der Waals surface area contributed by atoms with Crippen LogP contribution in [0.5, 0.6) is 0 Å². The van der Waals surface area contributed by atoms with E-state index in [9.17, 15) is 48.3 Å². The fourth-order valence-corrected chi connectivity index (χ4v) is 20.0. The van der Waals surface area contributed by atoms with Gasteiger partial charge in [0.2, 0.25) is 0 Å². The van der Waals surface area contributed by atoms with E-state index in [-0.39, 0.29) is 116 Å². The van der Waals surface area contributed by atoms with Gasteiger partial charge in [0.1, 0.15) is 69.7 Å². The molecule has 10 heterocycles. The number of pyridine rings is 3. The molecule has 0 radical (unpaired) electrons. The topological polar surface area (TPSA) is 388 Å². The summed E-state index contributed by atoms with van der Waals surface area (Å²) in [5.74, 6) is -12.5. The third-order valence-electron chi connectivity index (χ3n) is 27.9. The van der Waals surface area contributed by atoms with Gasteiger partial charge in [0, 0.05) is 106 Å². The number of para-hydroxylation sites is 3. The van der Waals surface area contributed by atoms with Crippen molar-refractivity contribution in [2.24, 2.45) is 21.1 Å². The maximum Gasteiger partial charge on any atom is 1.00 e. The number of methoxy groups -OCH3 is 2. The van der Waals surface area contributed by atoms with Crippen LogP contribution in [0.2, 0.25) is 0 Å². The molecule has 7 aliphatic heterocycles. The number of aliphatic carboxylic acids is 1. The summed E-state index contributed by atoms with van der Waals surface area (Å²) >= 11 is 2.06. The van der Waals surface area contributed by atoms with Gasteiger partial charge in [-0.05, 0) is 227 Å². The molecule has 4 fully saturated rings. The zero-order valence-electron chi connectivity index (χ0n) is 83.3. The predicted octanol–water partition coefficient (Wildman–Crippen LogP) is 9.60. The van der Waals surface area contributed by atoms with Crippen LogP contribution in [0.4, 0.5) is 43.4 Å². The van der Waals surface area contributed by atoms with E-state index >= 15 is 26.3 Å². The van der Waals surface area contributed by atoms with Gasteiger partial charge in [-0.25, -0.2) is 40.7 Å². The molecule has 0 spiro atoms. The normalized spacial score (nSPS) is 17.4. The maximum absolute atomic E-state index is 15.2. The van der Waals surface area contributed by atoms with Crippen molar-refractivity contribution >= 4 is 121 Å². The van der Waals surface area contributed by atoms with Gasteiger partial charge >= 0.3 is 43.9 Å². The Morgan fingerprint density at radius 1 is 0.422 bits per heavy atom. The molecule has 9 aromatic carbocycles. The number of nitrogens with zero attached hydrogens (tertiary/aromatic N) is 6. The van der Waals surface area contributed by atoms with Gasteiger partial charge < -0.3 is 108 Å². The van der Waals surface area contributed by atoms with Crippen LogP contribution in [0.1, 0.15) is 130 Å². The number of ether oxygens (including phenoxy) is 8. The van der Waals surface area contributed by atoms with Gasteiger partial charge in [0.15, 0.2) is 0 Å². The van der Waals surface area contributed by atoms with Gasteiger partial charge in [-0.3, -0.25) is 28.8 Å². The summed E-state index contributed by atoms with van der Waals surface area (Å²) in [7, 11) is 7.01. The Bertz CT molecular complexity index is 7180. The SMILES string of the molecule is COC(=O)[C@H](Cc1ccc(-c2cc3ccccc3n(C)c2=O)c2c1COC2)NC(=O)c1c(F)cc(N2CCOC[C@@H]2C)cc1F.COC(=O)[C@H](Cc1ccc(B2OC(C)(C)C(C)(C)O2)c2c1COC2)NC(=O)c1c(F)cc(N2CCOC[C@@H]2C)cc1F.C[C@H]1COCCN1c1cc(F)c(C(=O)N[C@@H](Cc2ccc(-c3cc4ccccc4n(C)c3=O)c3c2COC3)C(=O)O)c(F)c1.Cn1c(=O)c(I)cc2ccccc21.O.[Li+].[OH-]. The van der Waals surface area contributed by atoms with Gasteiger partial charge in [-0.15, -0.1) is 0 Å². The summed E-state index contributed by atoms with van der Waals surface area (Å²) < 4.78 is 152. The Morgan fingerprint density at radius 2 is 0.721 bits per heavy atom. The van der Waals surface area contributed by atoms with E-state index < -0.39 is 124 Å². The molecule has 7 aliphatic rings. The number of halogens is 7. The number of morpholine rings is 3. The average Bonchev–Trinajstić information content (AvgIpc) is 1.62. The number of hydrogen-bond acceptors (Lipinski definition) is 23. The van der Waals surface area contributed by atoms with Crippen LogP contribution >= 0.6 is 22.6 Å². The summed E-state index contributed by atoms with van der Waals surface area (Å²) in [5.41, 5.74) is 9.83. The second-order valence-electron chi connectivity index (χ2n) is 37.5. The van der Waals surface area contributed by atoms with Crippen LogP contribution in [0.15, 0.2) is 178 Å². The van der Waals surface area contributed by atoms with Crippen molar-refractivity contribution in [2.75, 3.05) is 88.2 Å². The molecule has 770 valence electrons. The van der Waals surface area contributed by atoms with Gasteiger partial charge in [-0.1, -0.05) is 91.0 Å². The Kier molecular flexibility index (Phi) is 35.9. The maximum atomic E-state index is 15.2. The van der Waals surface area contributed by atoms with E-state index in [1.54, 1.807) is 64.0 Å². The quantitative estimate of drug-likeness (QED) is 0.0225. The van der Waals surface area contributed by atoms with Crippen LogP contribution in [0, 0.1) is 38.5 Å². The molecule has 3 aromatic heterocycles. The second kappa shape index (κ2) is 47.3. The molecule has 7 N–H and O–H groups in total. The number of fused-ring (bicyclic) bond motifs is 6. The number of nitrogens with one attached hydrogen (secondary N) is 3. The predicted molar refractivity (Wildman–Crippen MR) is 543 cm³/mol. The van der Waals surface area contributed by atoms with E-state index in [0.29, 0.717) is 112 Å². The number of hydrogen-bond donors (Lipinski definition) is 4. The molecular formula is C107H112BF6ILiN9O22. The number of aryl methyl sites for hydroxylation is 3. The minimum atomic E-state index is -1.48. The van der Waals surface area contributed by atoms with Crippen LogP contribution in [-0.4, -0.2) is 193 Å². The number of anilines is 3. The first-order valence-corrected chi connectivity index (χ1v) is 48.2. The Hall–Kier alpha value is -12.6. The van der Waals surface area contributed by atoms with Crippen LogP contribution in [-0.2, 0) is 142 Å². The summed E-state index contributed by atoms with van der Waals surface area (Å²) in [6.07, 6.45) is -0.150. The minimum absolute atomic E-state index is 0. The molecular weight excluding hydrogens is 2020 g/mol. The van der Waals surface area contributed by atoms with Crippen molar-refractivity contribution in [1.29, 1.82) is 0 Å². The molecule has 40 heteroatoms. The number of benzene rings is 9. The molecule has 3 amide bonds. The van der Waals surface area contributed by atoms with E-state index in [1.807, 2.05) is 161 Å². The molecule has 147 heavy (non-hydrogen) atoms. The fourth-order valence-electron chi connectivity index (χ4n) is 19.3. The van der Waals surface area contributed by atoms with Crippen LogP contribution < -0.4 is 71.7 Å². The van der Waals surface area contributed by atoms with E-state index in [0.717, 1.165) is 123 Å². The van der Waals surface area contributed by atoms with Crippen molar-refractivity contribution in [3.05, 3.63) is 300 Å². The number of carboxylic acids is 1. The molecule has 0 unspecified atom stereocenters. The molecule has 12 aromatic rings. The van der Waals surface area contributed by atoms with Crippen molar-refractivity contribution in [1.82, 2.24) is 29.7 Å². The molecule has 4 saturated heterocycles. The zero-order valence-corrected chi connectivity index (χ0v) is 85.5. The summed E-state index contributed by atoms with van der Waals surface area (Å²) in [6, 6.07) is 41.8. The first-order valence-electron chi connectivity index (χ1n) is 47.1. The molecule has 6 atom stereocenters. The summed E-state index contributed by atoms with van der Waals surface area (Å²) in [6.45, 7) is 19.0. The Labute approximate surface area is 868 Å². The molecule has 0 aliphatic carbocycles. The summed E-state index contributed by atoms with van der Waals surface area (Å²) in [5, 5.41) is 20.1. The molecule has 31 nitrogen and oxygen atoms in total. The first kappa shape index (κ1) is 112. The molecule has 19 rings (SSSR count). The van der Waals surface area contributed by atoms with Crippen LogP contribution in [0.3, 0.4) is 0 Å². The monoisotopic (exact) mass is 2130 g/mol. The van der Waals surface area contributed by atoms with Gasteiger partial charge in [-0.2, -0.15) is 0 Å². The minimum Gasteiger partial charge on any atom is -0.870 e. The first-order chi connectivity index (χ1) is 68.8. The second-order valence-corrected chi connectivity index (χ2v) is 38.6. The van der Waals surface area contributed by atoms with Crippen molar-refractivity contribution in [3.8, 4) is 22.3 Å². The largest absolute Gasteiger partial charge is 1.00 e. The van der Waals surface area contributed by atoms with Gasteiger partial charge in [0.05, 0.1) is 125 Å². The van der Waals surface area contributed by atoms with Crippen molar-refractivity contribution in [3.63, 3.8) is 0 Å². The Balaban J connectivity index is 0.000000171. The average molecular weight is 2130 g/mol. The number of carbonyl (C=O) groups is 6. The Morgan fingerprint density at radius 3 is 1.06 bits per heavy atom. The molecule has 0 saturated carbocycles. The van der Waals surface area contributed by atoms with E-state index in [1.165, 1.54) is 14.2 Å². The van der Waals surface area contributed by atoms with Gasteiger partial charge in [0.25, 0.3) is 34.4 Å². The third-order valence-corrected chi connectivity index (χ3v) is 28.6. The van der Waals surface area contributed by atoms with Crippen molar-refractivity contribution < 1.29 is 137 Å².